The van der Waals surface area contributed by atoms with Gasteiger partial charge >= 0.3 is 0 Å². The fourth-order valence-corrected chi connectivity index (χ4v) is 1.67. The minimum Gasteiger partial charge on any atom is -0.503 e. The Kier molecular flexibility index (Phi) is 5.39. The summed E-state index contributed by atoms with van der Waals surface area (Å²) in [6.45, 7) is 1.49. The Balaban J connectivity index is 3.21. The Bertz CT molecular complexity index is 579. The molecule has 0 spiro atoms. The zero-order chi connectivity index (χ0) is 16.2. The summed E-state index contributed by atoms with van der Waals surface area (Å²) in [5.41, 5.74) is 4.43. The molecule has 1 aromatic rings. The molecule has 4 N–H and O–H groups in total. The summed E-state index contributed by atoms with van der Waals surface area (Å²) in [7, 11) is 0. The molecule has 1 aromatic carbocycles. The van der Waals surface area contributed by atoms with Gasteiger partial charge in [0.05, 0.1) is 12.1 Å². The van der Waals surface area contributed by atoms with Gasteiger partial charge in [-0.15, -0.1) is 0 Å². The van der Waals surface area contributed by atoms with Crippen LogP contribution in [-0.4, -0.2) is 40.0 Å². The number of nitrogens with zero attached hydrogens (tertiary/aromatic N) is 2. The number of hydrogen-bond acceptors (Lipinski definition) is 4. The molecule has 0 aliphatic rings. The molecule has 0 heterocycles. The number of benzene rings is 1. The molecule has 21 heavy (non-hydrogen) atoms. The zero-order valence-corrected chi connectivity index (χ0v) is 11.1. The highest BCUT2D eigenvalue weighted by Crippen LogP contribution is 2.26. The third-order valence-corrected chi connectivity index (χ3v) is 2.63. The number of nitrogens with two attached hydrogens (primary N) is 1. The zero-order valence-electron chi connectivity index (χ0n) is 11.1. The summed E-state index contributed by atoms with van der Waals surface area (Å²) in [6.07, 6.45) is 0.460. The highest BCUT2D eigenvalue weighted by molar-refractivity contribution is 5.97. The fraction of sp³-hybridized carbons (Fsp3) is 0.333. The average molecular weight is 305 g/mol. The molecule has 0 atom stereocenters. The monoisotopic (exact) mass is 305 g/mol. The van der Waals surface area contributed by atoms with Gasteiger partial charge in [0.25, 0.3) is 5.91 Å². The van der Waals surface area contributed by atoms with Crippen LogP contribution in [0, 0.1) is 17.5 Å². The molecule has 116 valence electrons. The van der Waals surface area contributed by atoms with E-state index in [0.717, 1.165) is 4.90 Å². The lowest BCUT2D eigenvalue weighted by molar-refractivity contribution is 0.0771. The Hall–Kier alpha value is -2.45. The summed E-state index contributed by atoms with van der Waals surface area (Å²) in [5.74, 6) is -7.81. The van der Waals surface area contributed by atoms with Crippen molar-refractivity contribution in [3.05, 3.63) is 29.1 Å². The van der Waals surface area contributed by atoms with Gasteiger partial charge in [-0.25, -0.2) is 8.78 Å². The molecule has 0 fully saturated rings. The van der Waals surface area contributed by atoms with Gasteiger partial charge in [-0.05, 0) is 12.5 Å². The molecular weight excluding hydrogens is 291 g/mol. The number of halogens is 3. The molecule has 0 aliphatic carbocycles. The van der Waals surface area contributed by atoms with E-state index in [1.54, 1.807) is 6.92 Å². The van der Waals surface area contributed by atoms with Gasteiger partial charge in [-0.2, -0.15) is 4.39 Å². The fourth-order valence-electron chi connectivity index (χ4n) is 1.67. The number of aromatic hydroxyl groups is 1. The van der Waals surface area contributed by atoms with Crippen LogP contribution < -0.4 is 5.73 Å². The number of amides is 1. The van der Waals surface area contributed by atoms with E-state index in [1.165, 1.54) is 0 Å². The molecule has 0 saturated carbocycles. The van der Waals surface area contributed by atoms with Crippen LogP contribution in [0.4, 0.5) is 13.2 Å². The smallest absolute Gasteiger partial charge is 0.257 e. The number of rotatable bonds is 5. The molecule has 0 saturated heterocycles. The number of phenols is 1. The van der Waals surface area contributed by atoms with Gasteiger partial charge < -0.3 is 20.9 Å². The quantitative estimate of drug-likeness (QED) is 0.252. The highest BCUT2D eigenvalue weighted by atomic mass is 19.2. The molecule has 1 rings (SSSR count). The van der Waals surface area contributed by atoms with Crippen LogP contribution in [0.15, 0.2) is 11.2 Å². The maximum Gasteiger partial charge on any atom is 0.257 e. The first-order valence-electron chi connectivity index (χ1n) is 5.95. The van der Waals surface area contributed by atoms with Crippen LogP contribution in [0.5, 0.6) is 5.75 Å². The second-order valence-electron chi connectivity index (χ2n) is 4.20. The summed E-state index contributed by atoms with van der Waals surface area (Å²) < 4.78 is 39.9. The van der Waals surface area contributed by atoms with Crippen molar-refractivity contribution in [1.82, 2.24) is 4.90 Å². The number of carbonyl (C=O) groups is 1. The molecule has 0 aliphatic heterocycles. The van der Waals surface area contributed by atoms with Crippen molar-refractivity contribution in [2.24, 2.45) is 10.9 Å². The van der Waals surface area contributed by atoms with E-state index < -0.39 is 34.7 Å². The topological polar surface area (TPSA) is 99.1 Å². The minimum atomic E-state index is -1.78. The second kappa shape index (κ2) is 6.82. The van der Waals surface area contributed by atoms with E-state index in [-0.39, 0.29) is 18.9 Å². The summed E-state index contributed by atoms with van der Waals surface area (Å²) in [6, 6.07) is 0.349. The van der Waals surface area contributed by atoms with Crippen LogP contribution >= 0.6 is 0 Å². The van der Waals surface area contributed by atoms with E-state index in [9.17, 15) is 18.0 Å². The van der Waals surface area contributed by atoms with Crippen molar-refractivity contribution in [3.8, 4) is 5.75 Å². The Morgan fingerprint density at radius 2 is 2.00 bits per heavy atom. The maximum absolute atomic E-state index is 13.7. The standard InChI is InChI=1S/C12H14F3N3O3/c1-2-3-18(5-8(16)17-21)12(20)6-4-7(13)10(15)11(19)9(6)14/h4,19,21H,2-3,5H2,1H3,(H2,16,17). The highest BCUT2D eigenvalue weighted by Gasteiger charge is 2.26. The third kappa shape index (κ3) is 3.56. The summed E-state index contributed by atoms with van der Waals surface area (Å²) >= 11 is 0. The number of carbonyl (C=O) groups excluding carboxylic acids is 1. The van der Waals surface area contributed by atoms with E-state index in [2.05, 4.69) is 5.16 Å². The molecule has 9 heteroatoms. The van der Waals surface area contributed by atoms with Crippen molar-refractivity contribution < 1.29 is 28.3 Å². The Morgan fingerprint density at radius 3 is 2.52 bits per heavy atom. The lowest BCUT2D eigenvalue weighted by atomic mass is 10.1. The SMILES string of the molecule is CCCN(CC(N)=NO)C(=O)c1cc(F)c(F)c(O)c1F. The van der Waals surface area contributed by atoms with E-state index in [1.807, 2.05) is 0 Å². The van der Waals surface area contributed by atoms with Crippen molar-refractivity contribution in [1.29, 1.82) is 0 Å². The summed E-state index contributed by atoms with van der Waals surface area (Å²) in [5, 5.41) is 20.3. The van der Waals surface area contributed by atoms with Crippen LogP contribution in [0.25, 0.3) is 0 Å². The van der Waals surface area contributed by atoms with Gasteiger partial charge in [0.2, 0.25) is 5.82 Å². The maximum atomic E-state index is 13.7. The first-order chi connectivity index (χ1) is 9.83. The lowest BCUT2D eigenvalue weighted by Crippen LogP contribution is -2.39. The molecule has 0 unspecified atom stereocenters. The molecule has 0 bridgehead atoms. The van der Waals surface area contributed by atoms with E-state index in [4.69, 9.17) is 16.0 Å². The van der Waals surface area contributed by atoms with Crippen LogP contribution in [-0.2, 0) is 0 Å². The molecule has 0 radical (unpaired) electrons. The predicted molar refractivity (Wildman–Crippen MR) is 67.6 cm³/mol. The van der Waals surface area contributed by atoms with Gasteiger partial charge in [0.1, 0.15) is 0 Å². The lowest BCUT2D eigenvalue weighted by Gasteiger charge is -2.21. The summed E-state index contributed by atoms with van der Waals surface area (Å²) in [4.78, 5) is 13.1. The van der Waals surface area contributed by atoms with Crippen LogP contribution in [0.2, 0.25) is 0 Å². The van der Waals surface area contributed by atoms with Crippen LogP contribution in [0.1, 0.15) is 23.7 Å². The first-order valence-corrected chi connectivity index (χ1v) is 5.95. The number of amidine groups is 1. The second-order valence-corrected chi connectivity index (χ2v) is 4.20. The van der Waals surface area contributed by atoms with Crippen LogP contribution in [0.3, 0.4) is 0 Å². The van der Waals surface area contributed by atoms with Gasteiger partial charge in [0, 0.05) is 6.54 Å². The largest absolute Gasteiger partial charge is 0.503 e. The Labute approximate surface area is 118 Å². The van der Waals surface area contributed by atoms with E-state index in [0.29, 0.717) is 12.5 Å². The normalized spacial score (nSPS) is 11.5. The number of oxime groups is 1. The van der Waals surface area contributed by atoms with Crippen molar-refractivity contribution in [2.75, 3.05) is 13.1 Å². The van der Waals surface area contributed by atoms with Crippen molar-refractivity contribution in [3.63, 3.8) is 0 Å². The van der Waals surface area contributed by atoms with Crippen molar-refractivity contribution >= 4 is 11.7 Å². The average Bonchev–Trinajstić information content (AvgIpc) is 2.47. The molecular formula is C12H14F3N3O3. The molecule has 0 aromatic heterocycles. The van der Waals surface area contributed by atoms with Gasteiger partial charge in [-0.1, -0.05) is 12.1 Å². The van der Waals surface area contributed by atoms with Gasteiger partial charge in [0.15, 0.2) is 23.2 Å². The Morgan fingerprint density at radius 1 is 1.38 bits per heavy atom. The van der Waals surface area contributed by atoms with E-state index >= 15 is 0 Å². The molecule has 1 amide bonds. The molecule has 6 nitrogen and oxygen atoms in total. The number of phenolic OH excluding ortho intramolecular Hbond substituents is 1. The third-order valence-electron chi connectivity index (χ3n) is 2.63. The minimum absolute atomic E-state index is 0.105. The van der Waals surface area contributed by atoms with Crippen molar-refractivity contribution in [2.45, 2.75) is 13.3 Å². The number of hydrogen-bond donors (Lipinski definition) is 3. The first kappa shape index (κ1) is 16.6. The predicted octanol–water partition coefficient (Wildman–Crippen LogP) is 1.41. The van der Waals surface area contributed by atoms with Gasteiger partial charge in [-0.3, -0.25) is 4.79 Å².